The molecule has 1 aromatic carbocycles. The molecule has 5 heteroatoms. The Kier molecular flexibility index (Phi) is 4.36. The largest absolute Gasteiger partial charge is 0.395 e. The molecule has 3 nitrogen and oxygen atoms in total. The Bertz CT molecular complexity index is 461. The van der Waals surface area contributed by atoms with Gasteiger partial charge in [-0.3, -0.25) is 0 Å². The van der Waals surface area contributed by atoms with Gasteiger partial charge in [0.25, 0.3) is 0 Å². The molecule has 0 saturated heterocycles. The van der Waals surface area contributed by atoms with Gasteiger partial charge < -0.3 is 10.0 Å². The summed E-state index contributed by atoms with van der Waals surface area (Å²) in [4.78, 5) is 6.24. The number of hydrogen-bond acceptors (Lipinski definition) is 4. The molecule has 0 aliphatic carbocycles. The van der Waals surface area contributed by atoms with E-state index in [-0.39, 0.29) is 6.61 Å². The Morgan fingerprint density at radius 3 is 2.65 bits per heavy atom. The molecule has 0 amide bonds. The van der Waals surface area contributed by atoms with Crippen molar-refractivity contribution in [2.75, 3.05) is 18.1 Å². The van der Waals surface area contributed by atoms with Crippen LogP contribution in [0.15, 0.2) is 35.7 Å². The number of nitrogens with zero attached hydrogens (tertiary/aromatic N) is 2. The summed E-state index contributed by atoms with van der Waals surface area (Å²) in [6.45, 7) is 1.38. The molecule has 0 aliphatic rings. The summed E-state index contributed by atoms with van der Waals surface area (Å²) in [7, 11) is 0. The number of halogens is 1. The lowest BCUT2D eigenvalue weighted by Crippen LogP contribution is -2.25. The zero-order chi connectivity index (χ0) is 12.1. The Hall–Kier alpha value is -1.10. The Balaban J connectivity index is 2.13. The van der Waals surface area contributed by atoms with E-state index in [1.165, 1.54) is 16.9 Å². The molecule has 1 N–H and O–H groups in total. The van der Waals surface area contributed by atoms with E-state index >= 15 is 0 Å². The molecule has 2 aromatic rings. The van der Waals surface area contributed by atoms with Crippen molar-refractivity contribution in [2.24, 2.45) is 0 Å². The molecule has 0 bridgehead atoms. The maximum Gasteiger partial charge on any atom is 0.187 e. The number of anilines is 1. The summed E-state index contributed by atoms with van der Waals surface area (Å²) < 4.78 is 0. The number of aliphatic hydroxyl groups excluding tert-OH is 1. The molecule has 0 saturated carbocycles. The average molecular weight is 269 g/mol. The van der Waals surface area contributed by atoms with E-state index in [9.17, 15) is 0 Å². The van der Waals surface area contributed by atoms with E-state index in [1.54, 1.807) is 5.38 Å². The van der Waals surface area contributed by atoms with Gasteiger partial charge in [-0.05, 0) is 5.56 Å². The second-order valence-corrected chi connectivity index (χ2v) is 4.81. The van der Waals surface area contributed by atoms with Crippen LogP contribution in [-0.2, 0) is 6.54 Å². The molecular weight excluding hydrogens is 256 g/mol. The molecule has 2 rings (SSSR count). The van der Waals surface area contributed by atoms with Gasteiger partial charge >= 0.3 is 0 Å². The number of aliphatic hydroxyl groups is 1. The van der Waals surface area contributed by atoms with Crippen LogP contribution in [0.4, 0.5) is 5.13 Å². The molecule has 0 radical (unpaired) electrons. The molecule has 17 heavy (non-hydrogen) atoms. The van der Waals surface area contributed by atoms with Crippen molar-refractivity contribution in [3.63, 3.8) is 0 Å². The molecule has 0 fully saturated rings. The highest BCUT2D eigenvalue weighted by molar-refractivity contribution is 7.14. The first-order valence-electron chi connectivity index (χ1n) is 5.30. The van der Waals surface area contributed by atoms with E-state index in [1.807, 2.05) is 23.1 Å². The van der Waals surface area contributed by atoms with Gasteiger partial charge in [0.05, 0.1) is 6.61 Å². The molecule has 1 heterocycles. The van der Waals surface area contributed by atoms with Crippen molar-refractivity contribution < 1.29 is 5.11 Å². The van der Waals surface area contributed by atoms with Gasteiger partial charge in [-0.25, -0.2) is 4.98 Å². The van der Waals surface area contributed by atoms with Crippen LogP contribution in [0.2, 0.25) is 5.15 Å². The smallest absolute Gasteiger partial charge is 0.187 e. The maximum absolute atomic E-state index is 9.09. The van der Waals surface area contributed by atoms with Crippen LogP contribution < -0.4 is 4.90 Å². The Labute approximate surface area is 109 Å². The van der Waals surface area contributed by atoms with Crippen LogP contribution in [0, 0.1) is 0 Å². The predicted octanol–water partition coefficient (Wildman–Crippen LogP) is 2.80. The van der Waals surface area contributed by atoms with E-state index in [4.69, 9.17) is 16.7 Å². The second kappa shape index (κ2) is 6.00. The topological polar surface area (TPSA) is 36.4 Å². The number of rotatable bonds is 5. The van der Waals surface area contributed by atoms with Crippen molar-refractivity contribution in [3.8, 4) is 0 Å². The number of hydrogen-bond donors (Lipinski definition) is 1. The van der Waals surface area contributed by atoms with Crippen molar-refractivity contribution in [2.45, 2.75) is 6.54 Å². The third-order valence-electron chi connectivity index (χ3n) is 2.32. The van der Waals surface area contributed by atoms with Crippen LogP contribution in [0.3, 0.4) is 0 Å². The zero-order valence-corrected chi connectivity index (χ0v) is 10.8. The molecule has 0 atom stereocenters. The van der Waals surface area contributed by atoms with Gasteiger partial charge in [-0.2, -0.15) is 0 Å². The first-order valence-corrected chi connectivity index (χ1v) is 6.56. The summed E-state index contributed by atoms with van der Waals surface area (Å²) >= 11 is 7.31. The van der Waals surface area contributed by atoms with Crippen LogP contribution in [-0.4, -0.2) is 23.2 Å². The molecule has 0 aliphatic heterocycles. The van der Waals surface area contributed by atoms with Crippen molar-refractivity contribution in [1.82, 2.24) is 4.98 Å². The summed E-state index contributed by atoms with van der Waals surface area (Å²) in [5.41, 5.74) is 1.19. The van der Waals surface area contributed by atoms with Crippen molar-refractivity contribution in [3.05, 3.63) is 46.4 Å². The third kappa shape index (κ3) is 3.43. The fraction of sp³-hybridized carbons (Fsp3) is 0.250. The quantitative estimate of drug-likeness (QED) is 0.906. The molecule has 0 spiro atoms. The molecular formula is C12H13ClN2OS. The number of thiazole rings is 1. The highest BCUT2D eigenvalue weighted by Crippen LogP contribution is 2.24. The van der Waals surface area contributed by atoms with Crippen LogP contribution >= 0.6 is 22.9 Å². The highest BCUT2D eigenvalue weighted by Gasteiger charge is 2.10. The average Bonchev–Trinajstić information content (AvgIpc) is 2.77. The van der Waals surface area contributed by atoms with E-state index in [0.29, 0.717) is 11.7 Å². The lowest BCUT2D eigenvalue weighted by Gasteiger charge is -2.20. The fourth-order valence-electron chi connectivity index (χ4n) is 1.56. The minimum atomic E-state index is 0.101. The normalized spacial score (nSPS) is 10.5. The first-order chi connectivity index (χ1) is 8.29. The lowest BCUT2D eigenvalue weighted by atomic mass is 10.2. The van der Waals surface area contributed by atoms with Crippen LogP contribution in [0.5, 0.6) is 0 Å². The lowest BCUT2D eigenvalue weighted by molar-refractivity contribution is 0.301. The van der Waals surface area contributed by atoms with Gasteiger partial charge in [0, 0.05) is 18.5 Å². The molecule has 1 aromatic heterocycles. The third-order valence-corrected chi connectivity index (χ3v) is 3.55. The standard InChI is InChI=1S/C12H13ClN2OS/c13-11-9-17-12(14-11)15(6-7-16)8-10-4-2-1-3-5-10/h1-5,9,16H,6-8H2. The van der Waals surface area contributed by atoms with Gasteiger partial charge in [-0.15, -0.1) is 11.3 Å². The molecule has 0 unspecified atom stereocenters. The Morgan fingerprint density at radius 1 is 1.29 bits per heavy atom. The zero-order valence-electron chi connectivity index (χ0n) is 9.21. The number of benzene rings is 1. The van der Waals surface area contributed by atoms with Gasteiger partial charge in [0.15, 0.2) is 5.13 Å². The van der Waals surface area contributed by atoms with Crippen molar-refractivity contribution in [1.29, 1.82) is 0 Å². The van der Waals surface area contributed by atoms with Gasteiger partial charge in [0.1, 0.15) is 5.15 Å². The summed E-state index contributed by atoms with van der Waals surface area (Å²) in [6.07, 6.45) is 0. The van der Waals surface area contributed by atoms with Crippen molar-refractivity contribution >= 4 is 28.1 Å². The van der Waals surface area contributed by atoms with E-state index < -0.39 is 0 Å². The molecule has 90 valence electrons. The summed E-state index contributed by atoms with van der Waals surface area (Å²) in [5, 5.41) is 12.2. The monoisotopic (exact) mass is 268 g/mol. The predicted molar refractivity (Wildman–Crippen MR) is 71.7 cm³/mol. The number of aromatic nitrogens is 1. The Morgan fingerprint density at radius 2 is 2.06 bits per heavy atom. The fourth-order valence-corrected chi connectivity index (χ4v) is 2.53. The maximum atomic E-state index is 9.09. The first kappa shape index (κ1) is 12.4. The van der Waals surface area contributed by atoms with Crippen LogP contribution in [0.1, 0.15) is 5.56 Å². The highest BCUT2D eigenvalue weighted by atomic mass is 35.5. The van der Waals surface area contributed by atoms with Gasteiger partial charge in [0.2, 0.25) is 0 Å². The minimum absolute atomic E-state index is 0.101. The van der Waals surface area contributed by atoms with Gasteiger partial charge in [-0.1, -0.05) is 41.9 Å². The second-order valence-electron chi connectivity index (χ2n) is 3.58. The minimum Gasteiger partial charge on any atom is -0.395 e. The van der Waals surface area contributed by atoms with E-state index in [2.05, 4.69) is 17.1 Å². The van der Waals surface area contributed by atoms with E-state index in [0.717, 1.165) is 11.7 Å². The summed E-state index contributed by atoms with van der Waals surface area (Å²) in [5.74, 6) is 0. The SMILES string of the molecule is OCCN(Cc1ccccc1)c1nc(Cl)cs1. The van der Waals surface area contributed by atoms with Crippen LogP contribution in [0.25, 0.3) is 0 Å². The summed E-state index contributed by atoms with van der Waals surface area (Å²) in [6, 6.07) is 10.1.